The number of rotatable bonds is 8. The zero-order chi connectivity index (χ0) is 20.6. The van der Waals surface area contributed by atoms with Crippen LogP contribution in [-0.2, 0) is 14.3 Å². The van der Waals surface area contributed by atoms with E-state index < -0.39 is 6.04 Å². The van der Waals surface area contributed by atoms with Gasteiger partial charge in [0.25, 0.3) is 0 Å². The highest BCUT2D eigenvalue weighted by Gasteiger charge is 2.34. The van der Waals surface area contributed by atoms with Gasteiger partial charge in [-0.2, -0.15) is 0 Å². The lowest BCUT2D eigenvalue weighted by Gasteiger charge is -2.34. The van der Waals surface area contributed by atoms with Gasteiger partial charge in [-0.25, -0.2) is 0 Å². The molecule has 7 heteroatoms. The molecule has 160 valence electrons. The van der Waals surface area contributed by atoms with Crippen molar-refractivity contribution in [3.63, 3.8) is 0 Å². The smallest absolute Gasteiger partial charge is 0.247 e. The zero-order valence-corrected chi connectivity index (χ0v) is 17.8. The molecule has 0 spiro atoms. The number of ether oxygens (including phenoxy) is 2. The van der Waals surface area contributed by atoms with Crippen LogP contribution in [-0.4, -0.2) is 55.0 Å². The van der Waals surface area contributed by atoms with Crippen LogP contribution in [0.15, 0.2) is 24.3 Å². The maximum absolute atomic E-state index is 13.4. The van der Waals surface area contributed by atoms with Crippen LogP contribution in [0.4, 0.5) is 0 Å². The summed E-state index contributed by atoms with van der Waals surface area (Å²) in [4.78, 5) is 27.7. The quantitative estimate of drug-likeness (QED) is 0.651. The Bertz CT molecular complexity index is 670. The highest BCUT2D eigenvalue weighted by Crippen LogP contribution is 2.27. The van der Waals surface area contributed by atoms with Crippen molar-refractivity contribution in [2.24, 2.45) is 0 Å². The van der Waals surface area contributed by atoms with Crippen LogP contribution in [0.3, 0.4) is 0 Å². The third-order valence-electron chi connectivity index (χ3n) is 5.80. The van der Waals surface area contributed by atoms with Gasteiger partial charge in [-0.05, 0) is 43.4 Å². The number of hydrogen-bond donors (Lipinski definition) is 1. The fourth-order valence-electron chi connectivity index (χ4n) is 4.22. The molecule has 0 bridgehead atoms. The van der Waals surface area contributed by atoms with Crippen molar-refractivity contribution in [1.29, 1.82) is 0 Å². The van der Waals surface area contributed by atoms with E-state index in [9.17, 15) is 9.59 Å². The first-order valence-electron chi connectivity index (χ1n) is 10.5. The van der Waals surface area contributed by atoms with Crippen molar-refractivity contribution in [2.75, 3.05) is 26.1 Å². The highest BCUT2D eigenvalue weighted by molar-refractivity contribution is 6.27. The molecule has 1 aromatic carbocycles. The summed E-state index contributed by atoms with van der Waals surface area (Å²) >= 11 is 5.92. The van der Waals surface area contributed by atoms with Gasteiger partial charge in [0, 0.05) is 19.2 Å². The molecule has 6 nitrogen and oxygen atoms in total. The van der Waals surface area contributed by atoms with Crippen LogP contribution >= 0.6 is 11.6 Å². The summed E-state index contributed by atoms with van der Waals surface area (Å²) in [7, 11) is 1.60. The van der Waals surface area contributed by atoms with E-state index >= 15 is 0 Å². The van der Waals surface area contributed by atoms with Crippen LogP contribution in [0, 0.1) is 0 Å². The van der Waals surface area contributed by atoms with E-state index in [1.165, 1.54) is 6.42 Å². The molecule has 1 heterocycles. The monoisotopic (exact) mass is 422 g/mol. The lowest BCUT2D eigenvalue weighted by atomic mass is 9.94. The Labute approximate surface area is 177 Å². The van der Waals surface area contributed by atoms with Crippen molar-refractivity contribution < 1.29 is 19.1 Å². The topological polar surface area (TPSA) is 67.9 Å². The van der Waals surface area contributed by atoms with Gasteiger partial charge in [0.1, 0.15) is 17.7 Å². The molecule has 3 rings (SSSR count). The molecular formula is C22H31ClN2O4. The maximum Gasteiger partial charge on any atom is 0.247 e. The molecule has 1 aromatic rings. The summed E-state index contributed by atoms with van der Waals surface area (Å²) in [5.74, 6) is 0.116. The van der Waals surface area contributed by atoms with Gasteiger partial charge >= 0.3 is 0 Å². The van der Waals surface area contributed by atoms with Crippen LogP contribution in [0.5, 0.6) is 5.75 Å². The standard InChI is InChI=1S/C22H31ClN2O4/c1-28-18-11-9-16(10-12-18)21(22(27)24-17-6-3-2-4-7-17)25(20(26)14-23)15-19-8-5-13-29-19/h9-12,17,19,21H,2-8,13-15H2,1H3,(H,24,27)/t19-,21-/m0/s1. The van der Waals surface area contributed by atoms with Crippen LogP contribution in [0.25, 0.3) is 0 Å². The van der Waals surface area contributed by atoms with E-state index in [1.54, 1.807) is 12.0 Å². The number of amides is 2. The first-order chi connectivity index (χ1) is 14.1. The Morgan fingerprint density at radius 3 is 2.48 bits per heavy atom. The molecule has 1 aliphatic carbocycles. The van der Waals surface area contributed by atoms with Gasteiger partial charge in [0.2, 0.25) is 11.8 Å². The third-order valence-corrected chi connectivity index (χ3v) is 6.03. The molecule has 1 saturated carbocycles. The Balaban J connectivity index is 1.86. The van der Waals surface area contributed by atoms with E-state index in [0.29, 0.717) is 18.9 Å². The minimum atomic E-state index is -0.738. The Kier molecular flexibility index (Phi) is 8.19. The van der Waals surface area contributed by atoms with Crippen LogP contribution in [0.2, 0.25) is 0 Å². The Morgan fingerprint density at radius 2 is 1.90 bits per heavy atom. The van der Waals surface area contributed by atoms with Gasteiger partial charge in [-0.3, -0.25) is 9.59 Å². The van der Waals surface area contributed by atoms with Gasteiger partial charge in [0.15, 0.2) is 0 Å². The average Bonchev–Trinajstić information content (AvgIpc) is 3.27. The number of alkyl halides is 1. The van der Waals surface area contributed by atoms with Crippen molar-refractivity contribution in [1.82, 2.24) is 10.2 Å². The molecule has 1 N–H and O–H groups in total. The molecule has 2 aliphatic rings. The SMILES string of the molecule is COc1ccc([C@@H](C(=O)NC2CCCCC2)N(C[C@@H]2CCCO2)C(=O)CCl)cc1. The zero-order valence-electron chi connectivity index (χ0n) is 17.1. The van der Waals surface area contributed by atoms with Gasteiger partial charge in [0.05, 0.1) is 13.2 Å². The summed E-state index contributed by atoms with van der Waals surface area (Å²) < 4.78 is 11.0. The number of nitrogens with one attached hydrogen (secondary N) is 1. The number of methoxy groups -OCH3 is 1. The van der Waals surface area contributed by atoms with E-state index in [2.05, 4.69) is 5.32 Å². The minimum absolute atomic E-state index is 0.0644. The van der Waals surface area contributed by atoms with E-state index in [0.717, 1.165) is 44.1 Å². The Hall–Kier alpha value is -1.79. The number of hydrogen-bond acceptors (Lipinski definition) is 4. The summed E-state index contributed by atoms with van der Waals surface area (Å²) in [6.45, 7) is 1.05. The van der Waals surface area contributed by atoms with Gasteiger partial charge < -0.3 is 19.7 Å². The third kappa shape index (κ3) is 5.86. The van der Waals surface area contributed by atoms with Gasteiger partial charge in [-0.15, -0.1) is 11.6 Å². The number of carbonyl (C=O) groups is 2. The molecule has 1 saturated heterocycles. The summed E-state index contributed by atoms with van der Waals surface area (Å²) in [6, 6.07) is 6.73. The Morgan fingerprint density at radius 1 is 1.17 bits per heavy atom. The maximum atomic E-state index is 13.4. The van der Waals surface area contributed by atoms with Crippen molar-refractivity contribution >= 4 is 23.4 Å². The van der Waals surface area contributed by atoms with E-state index in [-0.39, 0.29) is 29.8 Å². The number of nitrogens with zero attached hydrogens (tertiary/aromatic N) is 1. The molecule has 0 unspecified atom stereocenters. The van der Waals surface area contributed by atoms with Crippen LogP contribution < -0.4 is 10.1 Å². The van der Waals surface area contributed by atoms with Crippen molar-refractivity contribution in [3.05, 3.63) is 29.8 Å². The second-order valence-corrected chi connectivity index (χ2v) is 8.10. The van der Waals surface area contributed by atoms with Crippen molar-refractivity contribution in [2.45, 2.75) is 63.1 Å². The molecule has 2 fully saturated rings. The predicted octanol–water partition coefficient (Wildman–Crippen LogP) is 3.43. The second-order valence-electron chi connectivity index (χ2n) is 7.83. The predicted molar refractivity (Wildman–Crippen MR) is 112 cm³/mol. The van der Waals surface area contributed by atoms with Gasteiger partial charge in [-0.1, -0.05) is 31.4 Å². The molecule has 1 aliphatic heterocycles. The molecule has 0 aromatic heterocycles. The fraction of sp³-hybridized carbons (Fsp3) is 0.636. The average molecular weight is 423 g/mol. The fourth-order valence-corrected chi connectivity index (χ4v) is 4.38. The highest BCUT2D eigenvalue weighted by atomic mass is 35.5. The summed E-state index contributed by atoms with van der Waals surface area (Å²) in [6.07, 6.45) is 7.21. The normalized spacial score (nSPS) is 20.8. The first-order valence-corrected chi connectivity index (χ1v) is 11.1. The lowest BCUT2D eigenvalue weighted by molar-refractivity contribution is -0.141. The summed E-state index contributed by atoms with van der Waals surface area (Å²) in [5, 5.41) is 3.18. The molecule has 0 radical (unpaired) electrons. The lowest BCUT2D eigenvalue weighted by Crippen LogP contribution is -2.49. The summed E-state index contributed by atoms with van der Waals surface area (Å²) in [5.41, 5.74) is 0.746. The number of halogens is 1. The van der Waals surface area contributed by atoms with E-state index in [4.69, 9.17) is 21.1 Å². The molecule has 29 heavy (non-hydrogen) atoms. The minimum Gasteiger partial charge on any atom is -0.497 e. The molecular weight excluding hydrogens is 392 g/mol. The van der Waals surface area contributed by atoms with E-state index in [1.807, 2.05) is 24.3 Å². The number of carbonyl (C=O) groups excluding carboxylic acids is 2. The van der Waals surface area contributed by atoms with Crippen molar-refractivity contribution in [3.8, 4) is 5.75 Å². The van der Waals surface area contributed by atoms with Crippen LogP contribution in [0.1, 0.15) is 56.6 Å². The largest absolute Gasteiger partial charge is 0.497 e. The second kappa shape index (κ2) is 10.8. The molecule has 2 amide bonds. The first kappa shape index (κ1) is 21.9. The molecule has 2 atom stereocenters. The number of benzene rings is 1.